The average molecular weight is 404 g/mol. The molecule has 1 N–H and O–H groups in total. The fourth-order valence-electron chi connectivity index (χ4n) is 3.23. The van der Waals surface area contributed by atoms with Crippen LogP contribution in [0.15, 0.2) is 42.6 Å². The topological polar surface area (TPSA) is 48.3 Å². The van der Waals surface area contributed by atoms with Crippen LogP contribution in [-0.2, 0) is 6.54 Å². The molecule has 0 saturated carbocycles. The second-order valence-corrected chi connectivity index (χ2v) is 6.92. The fourth-order valence-corrected chi connectivity index (χ4v) is 3.46. The van der Waals surface area contributed by atoms with Gasteiger partial charge in [0.2, 0.25) is 0 Å². The van der Waals surface area contributed by atoms with Gasteiger partial charge in [0, 0.05) is 40.5 Å². The number of ether oxygens (including phenoxy) is 2. The van der Waals surface area contributed by atoms with Crippen molar-refractivity contribution in [2.45, 2.75) is 26.4 Å². The molecule has 1 aromatic heterocycles. The third-order valence-electron chi connectivity index (χ3n) is 4.69. The van der Waals surface area contributed by atoms with Gasteiger partial charge in [-0.2, -0.15) is 5.10 Å². The third-order valence-corrected chi connectivity index (χ3v) is 4.90. The van der Waals surface area contributed by atoms with E-state index in [0.717, 1.165) is 16.8 Å². The van der Waals surface area contributed by atoms with E-state index in [0.29, 0.717) is 28.8 Å². The van der Waals surface area contributed by atoms with Crippen molar-refractivity contribution >= 4 is 11.6 Å². The van der Waals surface area contributed by atoms with E-state index in [4.69, 9.17) is 21.1 Å². The second-order valence-electron chi connectivity index (χ2n) is 6.48. The van der Waals surface area contributed by atoms with E-state index in [1.807, 2.05) is 26.0 Å². The van der Waals surface area contributed by atoms with Crippen molar-refractivity contribution in [2.75, 3.05) is 14.2 Å². The molecule has 0 aliphatic rings. The smallest absolute Gasteiger partial charge is 0.165 e. The number of rotatable bonds is 7. The molecule has 148 valence electrons. The fraction of sp³-hybridized carbons (Fsp3) is 0.286. The molecule has 0 amide bonds. The summed E-state index contributed by atoms with van der Waals surface area (Å²) in [6, 6.07) is 9.97. The van der Waals surface area contributed by atoms with E-state index in [-0.39, 0.29) is 11.9 Å². The molecule has 3 rings (SSSR count). The lowest BCUT2D eigenvalue weighted by atomic mass is 10.1. The van der Waals surface area contributed by atoms with Crippen LogP contribution in [-0.4, -0.2) is 24.0 Å². The molecule has 2 aromatic carbocycles. The molecule has 0 aliphatic heterocycles. The van der Waals surface area contributed by atoms with Crippen molar-refractivity contribution in [2.24, 2.45) is 0 Å². The molecule has 7 heteroatoms. The number of nitrogens with zero attached hydrogens (tertiary/aromatic N) is 2. The first kappa shape index (κ1) is 20.2. The van der Waals surface area contributed by atoms with E-state index in [2.05, 4.69) is 10.4 Å². The quantitative estimate of drug-likeness (QED) is 0.613. The molecular weight excluding hydrogens is 381 g/mol. The monoisotopic (exact) mass is 403 g/mol. The zero-order chi connectivity index (χ0) is 20.3. The lowest BCUT2D eigenvalue weighted by Gasteiger charge is -2.17. The maximum atomic E-state index is 13.5. The predicted octanol–water partition coefficient (Wildman–Crippen LogP) is 4.84. The molecule has 0 saturated heterocycles. The Morgan fingerprint density at radius 1 is 1.21 bits per heavy atom. The highest BCUT2D eigenvalue weighted by molar-refractivity contribution is 6.30. The zero-order valence-electron chi connectivity index (χ0n) is 16.3. The Kier molecular flexibility index (Phi) is 6.21. The van der Waals surface area contributed by atoms with Gasteiger partial charge >= 0.3 is 0 Å². The van der Waals surface area contributed by atoms with Crippen molar-refractivity contribution < 1.29 is 13.9 Å². The molecule has 1 atom stereocenters. The van der Waals surface area contributed by atoms with Crippen LogP contribution < -0.4 is 14.8 Å². The van der Waals surface area contributed by atoms with Gasteiger partial charge in [0.1, 0.15) is 5.82 Å². The van der Waals surface area contributed by atoms with Crippen molar-refractivity contribution in [3.63, 3.8) is 0 Å². The molecule has 0 spiro atoms. The van der Waals surface area contributed by atoms with E-state index in [1.165, 1.54) is 12.1 Å². The van der Waals surface area contributed by atoms with E-state index in [9.17, 15) is 4.39 Å². The van der Waals surface area contributed by atoms with Crippen LogP contribution in [0.1, 0.15) is 29.8 Å². The van der Waals surface area contributed by atoms with Gasteiger partial charge in [-0.3, -0.25) is 0 Å². The minimum Gasteiger partial charge on any atom is -0.493 e. The van der Waals surface area contributed by atoms with E-state index in [1.54, 1.807) is 37.2 Å². The first-order chi connectivity index (χ1) is 13.4. The van der Waals surface area contributed by atoms with Crippen molar-refractivity contribution in [1.82, 2.24) is 15.1 Å². The van der Waals surface area contributed by atoms with Crippen LogP contribution >= 0.6 is 11.6 Å². The lowest BCUT2D eigenvalue weighted by Crippen LogP contribution is -2.19. The number of aromatic nitrogens is 2. The van der Waals surface area contributed by atoms with Gasteiger partial charge in [0.25, 0.3) is 0 Å². The Morgan fingerprint density at radius 3 is 2.68 bits per heavy atom. The van der Waals surface area contributed by atoms with E-state index >= 15 is 0 Å². The maximum absolute atomic E-state index is 13.5. The van der Waals surface area contributed by atoms with Crippen LogP contribution in [0.2, 0.25) is 5.02 Å². The molecular formula is C21H23ClFN3O2. The van der Waals surface area contributed by atoms with Gasteiger partial charge in [-0.25, -0.2) is 9.07 Å². The third kappa shape index (κ3) is 4.13. The van der Waals surface area contributed by atoms with Gasteiger partial charge in [-0.15, -0.1) is 0 Å². The molecule has 28 heavy (non-hydrogen) atoms. The predicted molar refractivity (Wildman–Crippen MR) is 108 cm³/mol. The van der Waals surface area contributed by atoms with Crippen LogP contribution in [0.3, 0.4) is 0 Å². The first-order valence-electron chi connectivity index (χ1n) is 8.88. The summed E-state index contributed by atoms with van der Waals surface area (Å²) >= 11 is 6.19. The second kappa shape index (κ2) is 8.63. The minimum atomic E-state index is -0.290. The molecule has 5 nitrogen and oxygen atoms in total. The van der Waals surface area contributed by atoms with Gasteiger partial charge in [0.15, 0.2) is 11.5 Å². The summed E-state index contributed by atoms with van der Waals surface area (Å²) in [6.07, 6.45) is 1.80. The molecule has 1 unspecified atom stereocenters. The number of hydrogen-bond donors (Lipinski definition) is 1. The number of halogens is 2. The normalized spacial score (nSPS) is 12.1. The maximum Gasteiger partial charge on any atom is 0.165 e. The molecule has 0 radical (unpaired) electrons. The van der Waals surface area contributed by atoms with Crippen LogP contribution in [0, 0.1) is 12.7 Å². The average Bonchev–Trinajstić information content (AvgIpc) is 3.07. The number of nitrogens with one attached hydrogen (secondary N) is 1. The lowest BCUT2D eigenvalue weighted by molar-refractivity contribution is 0.350. The first-order valence-corrected chi connectivity index (χ1v) is 9.26. The molecule has 0 bridgehead atoms. The Morgan fingerprint density at radius 2 is 2.00 bits per heavy atom. The molecule has 0 aliphatic carbocycles. The zero-order valence-corrected chi connectivity index (χ0v) is 17.0. The Bertz CT molecular complexity index is 974. The molecule has 3 aromatic rings. The summed E-state index contributed by atoms with van der Waals surface area (Å²) < 4.78 is 26.1. The van der Waals surface area contributed by atoms with Crippen LogP contribution in [0.25, 0.3) is 5.69 Å². The van der Waals surface area contributed by atoms with Crippen molar-refractivity contribution in [3.05, 3.63) is 70.3 Å². The highest BCUT2D eigenvalue weighted by Gasteiger charge is 2.17. The minimum absolute atomic E-state index is 0.0111. The highest BCUT2D eigenvalue weighted by Crippen LogP contribution is 2.34. The molecule has 0 fully saturated rings. The Hall–Kier alpha value is -2.57. The van der Waals surface area contributed by atoms with Gasteiger partial charge in [-0.1, -0.05) is 17.7 Å². The van der Waals surface area contributed by atoms with E-state index < -0.39 is 0 Å². The summed E-state index contributed by atoms with van der Waals surface area (Å²) in [5.41, 5.74) is 3.56. The van der Waals surface area contributed by atoms with Crippen LogP contribution in [0.5, 0.6) is 11.5 Å². The van der Waals surface area contributed by atoms with Crippen LogP contribution in [0.4, 0.5) is 4.39 Å². The summed E-state index contributed by atoms with van der Waals surface area (Å²) in [5, 5.41) is 8.47. The summed E-state index contributed by atoms with van der Waals surface area (Å²) in [4.78, 5) is 0. The SMILES string of the molecule is COc1cc(Cl)cc(CNC(C)c2cnn(-c3cccc(F)c3)c2C)c1OC. The number of hydrogen-bond acceptors (Lipinski definition) is 4. The number of methoxy groups -OCH3 is 2. The summed E-state index contributed by atoms with van der Waals surface area (Å²) in [6.45, 7) is 4.55. The molecule has 1 heterocycles. The Balaban J connectivity index is 1.80. The Labute approximate surface area is 169 Å². The highest BCUT2D eigenvalue weighted by atomic mass is 35.5. The standard InChI is InChI=1S/C21H23ClFN3O2/c1-13(24-11-15-8-16(22)9-20(27-3)21(15)28-4)19-12-25-26(14(19)2)18-7-5-6-17(23)10-18/h5-10,12-13,24H,11H2,1-4H3. The summed E-state index contributed by atoms with van der Waals surface area (Å²) in [7, 11) is 3.18. The van der Waals surface area contributed by atoms with Gasteiger partial charge < -0.3 is 14.8 Å². The summed E-state index contributed by atoms with van der Waals surface area (Å²) in [5.74, 6) is 0.954. The van der Waals surface area contributed by atoms with Crippen molar-refractivity contribution in [1.29, 1.82) is 0 Å². The largest absolute Gasteiger partial charge is 0.493 e. The van der Waals surface area contributed by atoms with Crippen molar-refractivity contribution in [3.8, 4) is 17.2 Å². The van der Waals surface area contributed by atoms with Gasteiger partial charge in [-0.05, 0) is 38.1 Å². The van der Waals surface area contributed by atoms with Gasteiger partial charge in [0.05, 0.1) is 26.1 Å². The number of benzene rings is 2.